The monoisotopic (exact) mass is 422 g/mol. The fourth-order valence-electron chi connectivity index (χ4n) is 3.07. The van der Waals surface area contributed by atoms with E-state index in [0.29, 0.717) is 28.9 Å². The second-order valence-corrected chi connectivity index (χ2v) is 7.87. The number of anilines is 1. The fraction of sp³-hybridized carbons (Fsp3) is 0.130. The molecular weight excluding hydrogens is 404 g/mol. The third-order valence-corrected chi connectivity index (χ3v) is 5.68. The summed E-state index contributed by atoms with van der Waals surface area (Å²) in [4.78, 5) is 19.9. The van der Waals surface area contributed by atoms with Gasteiger partial charge in [-0.2, -0.15) is 0 Å². The first kappa shape index (κ1) is 19.4. The number of aromatic nitrogens is 1. The maximum atomic E-state index is 13.4. The molecule has 0 aliphatic carbocycles. The highest BCUT2D eigenvalue weighted by Gasteiger charge is 2.23. The first-order valence-electron chi connectivity index (χ1n) is 9.29. The van der Waals surface area contributed by atoms with Crippen LogP contribution in [0.15, 0.2) is 72.8 Å². The number of rotatable bonds is 6. The molecule has 0 aliphatic heterocycles. The van der Waals surface area contributed by atoms with Gasteiger partial charge in [0.05, 0.1) is 17.9 Å². The van der Waals surface area contributed by atoms with Gasteiger partial charge in [-0.25, -0.2) is 4.98 Å². The minimum absolute atomic E-state index is 0.145. The molecule has 0 saturated heterocycles. The summed E-state index contributed by atoms with van der Waals surface area (Å²) < 4.78 is 6.69. The molecule has 0 atom stereocenters. The van der Waals surface area contributed by atoms with Crippen LogP contribution in [0, 0.1) is 0 Å². The quantitative estimate of drug-likeness (QED) is 0.371. The van der Waals surface area contributed by atoms with Crippen molar-refractivity contribution in [3.8, 4) is 5.75 Å². The van der Waals surface area contributed by atoms with E-state index in [-0.39, 0.29) is 5.91 Å². The van der Waals surface area contributed by atoms with Gasteiger partial charge in [0.1, 0.15) is 11.3 Å². The number of halogens is 1. The van der Waals surface area contributed by atoms with Gasteiger partial charge < -0.3 is 4.74 Å². The zero-order valence-electron chi connectivity index (χ0n) is 15.8. The van der Waals surface area contributed by atoms with E-state index in [1.165, 1.54) is 11.3 Å². The number of nitrogens with zero attached hydrogens (tertiary/aromatic N) is 2. The van der Waals surface area contributed by atoms with Crippen molar-refractivity contribution < 1.29 is 9.53 Å². The molecule has 0 unspecified atom stereocenters. The molecule has 4 nitrogen and oxygen atoms in total. The van der Waals surface area contributed by atoms with Crippen LogP contribution in [0.4, 0.5) is 5.13 Å². The number of thiazole rings is 1. The zero-order chi connectivity index (χ0) is 20.2. The van der Waals surface area contributed by atoms with Crippen LogP contribution < -0.4 is 9.64 Å². The summed E-state index contributed by atoms with van der Waals surface area (Å²) in [7, 11) is 0. The van der Waals surface area contributed by atoms with Crippen LogP contribution in [0.2, 0.25) is 5.02 Å². The van der Waals surface area contributed by atoms with E-state index in [4.69, 9.17) is 21.3 Å². The number of carbonyl (C=O) groups excluding carboxylic acids is 1. The van der Waals surface area contributed by atoms with Gasteiger partial charge in [0, 0.05) is 10.6 Å². The third kappa shape index (κ3) is 4.26. The van der Waals surface area contributed by atoms with E-state index in [9.17, 15) is 4.79 Å². The maximum absolute atomic E-state index is 13.4. The Kier molecular flexibility index (Phi) is 5.79. The van der Waals surface area contributed by atoms with Crippen LogP contribution in [0.3, 0.4) is 0 Å². The lowest BCUT2D eigenvalue weighted by Crippen LogP contribution is -2.30. The van der Waals surface area contributed by atoms with Crippen molar-refractivity contribution in [2.45, 2.75) is 13.5 Å². The standard InChI is InChI=1S/C23H19ClN2O2S/c1-2-28-19-12-7-13-20-21(19)25-23(29-20)26(15-16-8-4-3-5-9-16)22(27)17-10-6-11-18(24)14-17/h3-14H,2,15H2,1H3. The summed E-state index contributed by atoms with van der Waals surface area (Å²) in [6.45, 7) is 2.91. The van der Waals surface area contributed by atoms with Crippen LogP contribution in [0.25, 0.3) is 10.2 Å². The van der Waals surface area contributed by atoms with Crippen LogP contribution in [0.1, 0.15) is 22.8 Å². The van der Waals surface area contributed by atoms with Gasteiger partial charge in [0.15, 0.2) is 5.13 Å². The number of hydrogen-bond donors (Lipinski definition) is 0. The lowest BCUT2D eigenvalue weighted by molar-refractivity contribution is 0.0985. The summed E-state index contributed by atoms with van der Waals surface area (Å²) >= 11 is 7.59. The summed E-state index contributed by atoms with van der Waals surface area (Å²) in [5.41, 5.74) is 2.32. The number of amides is 1. The predicted octanol–water partition coefficient (Wildman–Crippen LogP) is 6.20. The highest BCUT2D eigenvalue weighted by molar-refractivity contribution is 7.22. The minimum Gasteiger partial charge on any atom is -0.492 e. The van der Waals surface area contributed by atoms with Crippen LogP contribution >= 0.6 is 22.9 Å². The molecule has 4 aromatic rings. The Morgan fingerprint density at radius 3 is 2.62 bits per heavy atom. The van der Waals surface area contributed by atoms with E-state index in [2.05, 4.69) is 0 Å². The van der Waals surface area contributed by atoms with Crippen molar-refractivity contribution >= 4 is 44.2 Å². The summed E-state index contributed by atoms with van der Waals surface area (Å²) in [6.07, 6.45) is 0. The Morgan fingerprint density at radius 2 is 1.86 bits per heavy atom. The Bertz CT molecular complexity index is 1140. The number of para-hydroxylation sites is 1. The number of fused-ring (bicyclic) bond motifs is 1. The third-order valence-electron chi connectivity index (χ3n) is 4.40. The maximum Gasteiger partial charge on any atom is 0.260 e. The molecule has 0 spiro atoms. The van der Waals surface area contributed by atoms with Gasteiger partial charge in [-0.1, -0.05) is 65.4 Å². The largest absolute Gasteiger partial charge is 0.492 e. The second-order valence-electron chi connectivity index (χ2n) is 6.42. The second kappa shape index (κ2) is 8.64. The van der Waals surface area contributed by atoms with Crippen LogP contribution in [-0.4, -0.2) is 17.5 Å². The average molecular weight is 423 g/mol. The molecule has 0 N–H and O–H groups in total. The van der Waals surface area contributed by atoms with Gasteiger partial charge >= 0.3 is 0 Å². The Balaban J connectivity index is 1.78. The first-order valence-corrected chi connectivity index (χ1v) is 10.5. The van der Waals surface area contributed by atoms with Gasteiger partial charge in [0.2, 0.25) is 0 Å². The molecule has 4 rings (SSSR count). The summed E-state index contributed by atoms with van der Waals surface area (Å²) in [6, 6.07) is 22.7. The number of benzene rings is 3. The smallest absolute Gasteiger partial charge is 0.260 e. The summed E-state index contributed by atoms with van der Waals surface area (Å²) in [5, 5.41) is 1.15. The van der Waals surface area contributed by atoms with Gasteiger partial charge in [0.25, 0.3) is 5.91 Å². The van der Waals surface area contributed by atoms with Gasteiger partial charge in [-0.3, -0.25) is 9.69 Å². The van der Waals surface area contributed by atoms with Crippen molar-refractivity contribution in [2.75, 3.05) is 11.5 Å². The van der Waals surface area contributed by atoms with Crippen LogP contribution in [-0.2, 0) is 6.54 Å². The Morgan fingerprint density at radius 1 is 1.07 bits per heavy atom. The molecule has 3 aromatic carbocycles. The van der Waals surface area contributed by atoms with Crippen molar-refractivity contribution in [3.05, 3.63) is 88.9 Å². The molecular formula is C23H19ClN2O2S. The molecule has 146 valence electrons. The van der Waals surface area contributed by atoms with Gasteiger partial charge in [-0.15, -0.1) is 0 Å². The lowest BCUT2D eigenvalue weighted by Gasteiger charge is -2.20. The highest BCUT2D eigenvalue weighted by atomic mass is 35.5. The SMILES string of the molecule is CCOc1cccc2sc(N(Cc3ccccc3)C(=O)c3cccc(Cl)c3)nc12. The van der Waals surface area contributed by atoms with Crippen LogP contribution in [0.5, 0.6) is 5.75 Å². The van der Waals surface area contributed by atoms with E-state index >= 15 is 0 Å². The predicted molar refractivity (Wildman–Crippen MR) is 119 cm³/mol. The molecule has 0 radical (unpaired) electrons. The van der Waals surface area contributed by atoms with Crippen molar-refractivity contribution in [1.82, 2.24) is 4.98 Å². The number of carbonyl (C=O) groups is 1. The zero-order valence-corrected chi connectivity index (χ0v) is 17.4. The minimum atomic E-state index is -0.145. The first-order chi connectivity index (χ1) is 14.2. The Labute approximate surface area is 178 Å². The molecule has 1 amide bonds. The molecule has 1 heterocycles. The molecule has 0 saturated carbocycles. The molecule has 0 fully saturated rings. The Hall–Kier alpha value is -2.89. The average Bonchev–Trinajstić information content (AvgIpc) is 3.17. The normalized spacial score (nSPS) is 10.8. The fourth-order valence-corrected chi connectivity index (χ4v) is 4.24. The topological polar surface area (TPSA) is 42.4 Å². The van der Waals surface area contributed by atoms with E-state index in [0.717, 1.165) is 21.5 Å². The lowest BCUT2D eigenvalue weighted by atomic mass is 10.1. The molecule has 29 heavy (non-hydrogen) atoms. The highest BCUT2D eigenvalue weighted by Crippen LogP contribution is 2.35. The summed E-state index contributed by atoms with van der Waals surface area (Å²) in [5.74, 6) is 0.579. The van der Waals surface area contributed by atoms with E-state index in [1.807, 2.05) is 55.5 Å². The number of ether oxygens (including phenoxy) is 1. The van der Waals surface area contributed by atoms with Gasteiger partial charge in [-0.05, 0) is 42.8 Å². The molecule has 0 aliphatic rings. The van der Waals surface area contributed by atoms with Crippen molar-refractivity contribution in [2.24, 2.45) is 0 Å². The molecule has 0 bridgehead atoms. The van der Waals surface area contributed by atoms with E-state index < -0.39 is 0 Å². The molecule has 6 heteroatoms. The van der Waals surface area contributed by atoms with Crippen molar-refractivity contribution in [3.63, 3.8) is 0 Å². The number of hydrogen-bond acceptors (Lipinski definition) is 4. The van der Waals surface area contributed by atoms with E-state index in [1.54, 1.807) is 29.2 Å². The van der Waals surface area contributed by atoms with Crippen molar-refractivity contribution in [1.29, 1.82) is 0 Å². The molecule has 1 aromatic heterocycles.